The molecule has 1 aromatic heterocycles. The van der Waals surface area contributed by atoms with E-state index in [1.165, 1.54) is 24.4 Å². The van der Waals surface area contributed by atoms with Crippen LogP contribution in [0.25, 0.3) is 0 Å². The number of anilines is 1. The summed E-state index contributed by atoms with van der Waals surface area (Å²) < 4.78 is 15.1. The van der Waals surface area contributed by atoms with Crippen LogP contribution in [0.2, 0.25) is 0 Å². The smallest absolute Gasteiger partial charge is 0.202 e. The summed E-state index contributed by atoms with van der Waals surface area (Å²) in [4.78, 5) is 4.41. The molecule has 1 saturated heterocycles. The Morgan fingerprint density at radius 3 is 3.11 bits per heavy atom. The summed E-state index contributed by atoms with van der Waals surface area (Å²) >= 11 is 1.42. The van der Waals surface area contributed by atoms with Crippen LogP contribution in [-0.2, 0) is 16.1 Å². The van der Waals surface area contributed by atoms with Crippen LogP contribution < -0.4 is 5.32 Å². The molecule has 0 bridgehead atoms. The second kappa shape index (κ2) is 5.50. The molecule has 100 valence electrons. The maximum Gasteiger partial charge on any atom is 0.202 e. The summed E-state index contributed by atoms with van der Waals surface area (Å²) in [5.41, 5.74) is 0. The van der Waals surface area contributed by atoms with Crippen molar-refractivity contribution in [3.63, 3.8) is 0 Å². The van der Waals surface area contributed by atoms with Crippen molar-refractivity contribution in [2.45, 2.75) is 44.4 Å². The monoisotopic (exact) mass is 269 g/mol. The minimum absolute atomic E-state index is 0.461. The van der Waals surface area contributed by atoms with Crippen molar-refractivity contribution in [1.82, 2.24) is 9.36 Å². The molecule has 1 aliphatic carbocycles. The van der Waals surface area contributed by atoms with E-state index in [9.17, 15) is 0 Å². The van der Waals surface area contributed by atoms with E-state index < -0.39 is 0 Å². The van der Waals surface area contributed by atoms with Gasteiger partial charge < -0.3 is 14.8 Å². The molecule has 3 rings (SSSR count). The van der Waals surface area contributed by atoms with Gasteiger partial charge in [-0.3, -0.25) is 0 Å². The second-order valence-corrected chi connectivity index (χ2v) is 5.81. The van der Waals surface area contributed by atoms with Crippen molar-refractivity contribution in [3.8, 4) is 0 Å². The zero-order valence-corrected chi connectivity index (χ0v) is 11.4. The largest absolute Gasteiger partial charge is 0.378 e. The Labute approximate surface area is 111 Å². The zero-order valence-electron chi connectivity index (χ0n) is 10.6. The van der Waals surface area contributed by atoms with Gasteiger partial charge in [0.25, 0.3) is 0 Å². The zero-order chi connectivity index (χ0) is 12.4. The van der Waals surface area contributed by atoms with Crippen molar-refractivity contribution >= 4 is 16.7 Å². The van der Waals surface area contributed by atoms with Gasteiger partial charge in [-0.2, -0.15) is 4.37 Å². The number of ether oxygens (including phenoxy) is 2. The van der Waals surface area contributed by atoms with E-state index in [0.29, 0.717) is 18.8 Å². The molecule has 2 atom stereocenters. The van der Waals surface area contributed by atoms with Gasteiger partial charge >= 0.3 is 0 Å². The quantitative estimate of drug-likeness (QED) is 0.886. The topological polar surface area (TPSA) is 56.3 Å². The highest BCUT2D eigenvalue weighted by Gasteiger charge is 2.36. The number of hydrogen-bond donors (Lipinski definition) is 1. The van der Waals surface area contributed by atoms with E-state index in [1.54, 1.807) is 7.11 Å². The van der Waals surface area contributed by atoms with Crippen molar-refractivity contribution in [2.24, 2.45) is 5.92 Å². The van der Waals surface area contributed by atoms with Gasteiger partial charge in [0.1, 0.15) is 6.61 Å². The van der Waals surface area contributed by atoms with E-state index in [2.05, 4.69) is 14.7 Å². The van der Waals surface area contributed by atoms with Crippen LogP contribution in [0.1, 0.15) is 31.5 Å². The van der Waals surface area contributed by atoms with Crippen molar-refractivity contribution < 1.29 is 9.47 Å². The maximum absolute atomic E-state index is 5.82. The average molecular weight is 269 g/mol. The molecule has 2 fully saturated rings. The second-order valence-electron chi connectivity index (χ2n) is 5.06. The third kappa shape index (κ3) is 2.99. The van der Waals surface area contributed by atoms with Gasteiger partial charge in [0.15, 0.2) is 5.82 Å². The van der Waals surface area contributed by atoms with E-state index in [4.69, 9.17) is 9.47 Å². The number of hydrogen-bond acceptors (Lipinski definition) is 6. The Morgan fingerprint density at radius 1 is 1.44 bits per heavy atom. The van der Waals surface area contributed by atoms with E-state index in [1.807, 2.05) is 0 Å². The van der Waals surface area contributed by atoms with Gasteiger partial charge in [0.05, 0.1) is 6.10 Å². The highest BCUT2D eigenvalue weighted by atomic mass is 32.1. The fourth-order valence-electron chi connectivity index (χ4n) is 2.43. The third-order valence-corrected chi connectivity index (χ3v) is 4.22. The Bertz CT molecular complexity index is 394. The summed E-state index contributed by atoms with van der Waals surface area (Å²) in [5.74, 6) is 1.57. The minimum Gasteiger partial charge on any atom is -0.378 e. The number of nitrogens with zero attached hydrogens (tertiary/aromatic N) is 2. The molecule has 18 heavy (non-hydrogen) atoms. The molecule has 0 aromatic carbocycles. The lowest BCUT2D eigenvalue weighted by Gasteiger charge is -2.30. The SMILES string of the molecule is COCc1nsc(NC2CCOC(C3CC3)C2)n1. The van der Waals surface area contributed by atoms with Crippen LogP contribution in [0.5, 0.6) is 0 Å². The van der Waals surface area contributed by atoms with Crippen LogP contribution in [-0.4, -0.2) is 35.2 Å². The Morgan fingerprint density at radius 2 is 2.33 bits per heavy atom. The van der Waals surface area contributed by atoms with Gasteiger partial charge in [-0.25, -0.2) is 4.98 Å². The van der Waals surface area contributed by atoms with Crippen LogP contribution in [0.15, 0.2) is 0 Å². The molecule has 0 spiro atoms. The minimum atomic E-state index is 0.461. The Balaban J connectivity index is 1.54. The summed E-state index contributed by atoms with van der Waals surface area (Å²) in [5, 5.41) is 4.39. The molecule has 1 aliphatic heterocycles. The highest BCUT2D eigenvalue weighted by Crippen LogP contribution is 2.38. The van der Waals surface area contributed by atoms with Gasteiger partial charge in [-0.15, -0.1) is 0 Å². The normalized spacial score (nSPS) is 28.3. The average Bonchev–Trinajstić information content (AvgIpc) is 3.14. The lowest BCUT2D eigenvalue weighted by molar-refractivity contribution is -0.00219. The predicted octanol–water partition coefficient (Wildman–Crippen LogP) is 2.05. The van der Waals surface area contributed by atoms with E-state index in [0.717, 1.165) is 36.3 Å². The van der Waals surface area contributed by atoms with Crippen LogP contribution >= 0.6 is 11.5 Å². The highest BCUT2D eigenvalue weighted by molar-refractivity contribution is 7.09. The van der Waals surface area contributed by atoms with Gasteiger partial charge in [0.2, 0.25) is 5.13 Å². The first-order chi connectivity index (χ1) is 8.85. The van der Waals surface area contributed by atoms with Gasteiger partial charge in [0, 0.05) is 31.3 Å². The lowest BCUT2D eigenvalue weighted by atomic mass is 10.0. The lowest BCUT2D eigenvalue weighted by Crippen LogP contribution is -2.35. The van der Waals surface area contributed by atoms with Gasteiger partial charge in [-0.05, 0) is 31.6 Å². The van der Waals surface area contributed by atoms with E-state index in [-0.39, 0.29) is 0 Å². The summed E-state index contributed by atoms with van der Waals surface area (Å²) in [6.45, 7) is 1.35. The first-order valence-corrected chi connectivity index (χ1v) is 7.32. The molecule has 6 heteroatoms. The molecule has 5 nitrogen and oxygen atoms in total. The number of aromatic nitrogens is 2. The van der Waals surface area contributed by atoms with Crippen molar-refractivity contribution in [3.05, 3.63) is 5.82 Å². The Hall–Kier alpha value is -0.720. The Kier molecular flexibility index (Phi) is 3.77. The molecular formula is C12H19N3O2S. The number of methoxy groups -OCH3 is 1. The maximum atomic E-state index is 5.82. The first-order valence-electron chi connectivity index (χ1n) is 6.55. The molecule has 2 aliphatic rings. The first kappa shape index (κ1) is 12.3. The standard InChI is InChI=1S/C12H19N3O2S/c1-16-7-11-14-12(18-15-11)13-9-4-5-17-10(6-9)8-2-3-8/h8-10H,2-7H2,1H3,(H,13,14,15). The summed E-state index contributed by atoms with van der Waals surface area (Å²) in [6.07, 6.45) is 5.30. The molecule has 1 aromatic rings. The number of nitrogens with one attached hydrogen (secondary N) is 1. The van der Waals surface area contributed by atoms with Crippen molar-refractivity contribution in [2.75, 3.05) is 19.0 Å². The summed E-state index contributed by atoms with van der Waals surface area (Å²) in [6, 6.07) is 0.479. The van der Waals surface area contributed by atoms with Crippen LogP contribution in [0.3, 0.4) is 0 Å². The molecule has 0 amide bonds. The predicted molar refractivity (Wildman–Crippen MR) is 69.7 cm³/mol. The van der Waals surface area contributed by atoms with Crippen molar-refractivity contribution in [1.29, 1.82) is 0 Å². The fraction of sp³-hybridized carbons (Fsp3) is 0.833. The molecular weight excluding hydrogens is 250 g/mol. The van der Waals surface area contributed by atoms with E-state index >= 15 is 0 Å². The third-order valence-electron chi connectivity index (χ3n) is 3.53. The number of rotatable bonds is 5. The molecule has 2 heterocycles. The van der Waals surface area contributed by atoms with Crippen LogP contribution in [0, 0.1) is 5.92 Å². The molecule has 2 unspecified atom stereocenters. The molecule has 1 saturated carbocycles. The van der Waals surface area contributed by atoms with Crippen LogP contribution in [0.4, 0.5) is 5.13 Å². The molecule has 1 N–H and O–H groups in total. The van der Waals surface area contributed by atoms with Gasteiger partial charge in [-0.1, -0.05) is 0 Å². The fourth-order valence-corrected chi connectivity index (χ4v) is 3.08. The molecule has 0 radical (unpaired) electrons. The summed E-state index contributed by atoms with van der Waals surface area (Å²) in [7, 11) is 1.66.